The van der Waals surface area contributed by atoms with Gasteiger partial charge in [-0.1, -0.05) is 6.07 Å². The zero-order valence-electron chi connectivity index (χ0n) is 14.7. The topological polar surface area (TPSA) is 80.0 Å². The van der Waals surface area contributed by atoms with Crippen LogP contribution in [-0.4, -0.2) is 42.5 Å². The second-order valence-corrected chi connectivity index (χ2v) is 7.19. The summed E-state index contributed by atoms with van der Waals surface area (Å²) in [6.45, 7) is 6.63. The van der Waals surface area contributed by atoms with Crippen LogP contribution in [0.2, 0.25) is 0 Å². The number of halogens is 2. The number of hydrogen-bond donors (Lipinski definition) is 2. The lowest BCUT2D eigenvalue weighted by atomic mass is 10.2. The largest absolute Gasteiger partial charge is 0.444 e. The van der Waals surface area contributed by atoms with Crippen LogP contribution >= 0.6 is 11.6 Å². The number of carbonyl (C=O) groups excluding carboxylic acids is 1. The number of anilines is 1. The Labute approximate surface area is 152 Å². The minimum Gasteiger partial charge on any atom is -0.444 e. The van der Waals surface area contributed by atoms with Crippen molar-refractivity contribution >= 4 is 34.9 Å². The van der Waals surface area contributed by atoms with Crippen molar-refractivity contribution in [3.05, 3.63) is 24.0 Å². The van der Waals surface area contributed by atoms with Gasteiger partial charge in [-0.15, -0.1) is 11.6 Å². The molecule has 0 bridgehead atoms. The predicted molar refractivity (Wildman–Crippen MR) is 98.4 cm³/mol. The summed E-state index contributed by atoms with van der Waals surface area (Å²) in [6.07, 6.45) is 0.271. The Morgan fingerprint density at radius 2 is 2.24 bits per heavy atom. The Bertz CT molecular complexity index is 661. The minimum atomic E-state index is -0.550. The Morgan fingerprint density at radius 1 is 1.52 bits per heavy atom. The molecule has 1 aromatic carbocycles. The highest BCUT2D eigenvalue weighted by Gasteiger charge is 2.28. The first-order valence-corrected chi connectivity index (χ1v) is 8.65. The van der Waals surface area contributed by atoms with Crippen LogP contribution in [0, 0.1) is 5.82 Å². The number of alkyl carbamates (subject to hydrolysis) is 1. The second-order valence-electron chi connectivity index (χ2n) is 6.92. The number of para-hydroxylation sites is 1. The van der Waals surface area contributed by atoms with E-state index >= 15 is 0 Å². The third kappa shape index (κ3) is 5.49. The van der Waals surface area contributed by atoms with Crippen LogP contribution in [-0.2, 0) is 4.74 Å². The van der Waals surface area contributed by atoms with Crippen molar-refractivity contribution in [2.75, 3.05) is 23.9 Å². The second kappa shape index (κ2) is 7.91. The van der Waals surface area contributed by atoms with E-state index in [1.165, 1.54) is 6.07 Å². The van der Waals surface area contributed by atoms with Gasteiger partial charge < -0.3 is 20.7 Å². The number of rotatable bonds is 4. The van der Waals surface area contributed by atoms with E-state index in [4.69, 9.17) is 22.1 Å². The molecule has 0 radical (unpaired) electrons. The molecule has 6 nitrogen and oxygen atoms in total. The Hall–Kier alpha value is -2.02. The molecular weight excluding hydrogens is 347 g/mol. The van der Waals surface area contributed by atoms with Gasteiger partial charge in [0.2, 0.25) is 0 Å². The number of aliphatic imine (C=N–C) groups is 1. The molecule has 1 unspecified atom stereocenters. The summed E-state index contributed by atoms with van der Waals surface area (Å²) >= 11 is 5.65. The number of nitrogens with two attached hydrogens (primary N) is 1. The number of alkyl halides is 1. The van der Waals surface area contributed by atoms with Gasteiger partial charge in [0, 0.05) is 13.1 Å². The Morgan fingerprint density at radius 3 is 2.88 bits per heavy atom. The van der Waals surface area contributed by atoms with Gasteiger partial charge in [0.25, 0.3) is 0 Å². The number of nitrogens with zero attached hydrogens (tertiary/aromatic N) is 2. The smallest absolute Gasteiger partial charge is 0.407 e. The van der Waals surface area contributed by atoms with E-state index in [1.807, 2.05) is 25.7 Å². The molecule has 1 saturated heterocycles. The minimum absolute atomic E-state index is 0.0244. The monoisotopic (exact) mass is 370 g/mol. The standard InChI is InChI=1S/C17H24ClFN4O2/c1-17(2,3)25-16(24)21-11-7-8-23(10-11)13-6-4-5-12(19)15(13)22-14(20)9-18/h4-6,11H,7-10H2,1-3H3,(H2,20,22)(H,21,24). The zero-order valence-corrected chi connectivity index (χ0v) is 15.4. The zero-order chi connectivity index (χ0) is 18.6. The van der Waals surface area contributed by atoms with Crippen molar-refractivity contribution < 1.29 is 13.9 Å². The lowest BCUT2D eigenvalue weighted by Crippen LogP contribution is -2.40. The molecule has 1 fully saturated rings. The van der Waals surface area contributed by atoms with Crippen LogP contribution in [0.5, 0.6) is 0 Å². The molecule has 2 rings (SSSR count). The highest BCUT2D eigenvalue weighted by molar-refractivity contribution is 6.28. The number of amides is 1. The van der Waals surface area contributed by atoms with Crippen LogP contribution in [0.15, 0.2) is 23.2 Å². The van der Waals surface area contributed by atoms with Gasteiger partial charge >= 0.3 is 6.09 Å². The van der Waals surface area contributed by atoms with Crippen LogP contribution in [0.1, 0.15) is 27.2 Å². The van der Waals surface area contributed by atoms with E-state index < -0.39 is 17.5 Å². The van der Waals surface area contributed by atoms with Crippen molar-refractivity contribution in [3.63, 3.8) is 0 Å². The van der Waals surface area contributed by atoms with Gasteiger partial charge in [-0.05, 0) is 39.3 Å². The highest BCUT2D eigenvalue weighted by atomic mass is 35.5. The van der Waals surface area contributed by atoms with E-state index in [2.05, 4.69) is 10.3 Å². The normalized spacial score (nSPS) is 18.4. The third-order valence-electron chi connectivity index (χ3n) is 3.61. The number of benzene rings is 1. The summed E-state index contributed by atoms with van der Waals surface area (Å²) in [4.78, 5) is 18.0. The molecule has 8 heteroatoms. The van der Waals surface area contributed by atoms with Crippen LogP contribution in [0.4, 0.5) is 20.6 Å². The molecule has 1 aliphatic heterocycles. The average molecular weight is 371 g/mol. The average Bonchev–Trinajstić information content (AvgIpc) is 2.95. The van der Waals surface area contributed by atoms with Crippen molar-refractivity contribution in [2.24, 2.45) is 10.7 Å². The fraction of sp³-hybridized carbons (Fsp3) is 0.529. The van der Waals surface area contributed by atoms with Crippen LogP contribution in [0.3, 0.4) is 0 Å². The van der Waals surface area contributed by atoms with E-state index in [-0.39, 0.29) is 23.4 Å². The molecule has 25 heavy (non-hydrogen) atoms. The summed E-state index contributed by atoms with van der Waals surface area (Å²) in [6, 6.07) is 4.64. The van der Waals surface area contributed by atoms with Crippen molar-refractivity contribution in [1.29, 1.82) is 0 Å². The summed E-state index contributed by atoms with van der Waals surface area (Å²) in [5, 5.41) is 2.84. The first-order valence-electron chi connectivity index (χ1n) is 8.11. The van der Waals surface area contributed by atoms with Gasteiger partial charge in [0.15, 0.2) is 5.82 Å². The predicted octanol–water partition coefficient (Wildman–Crippen LogP) is 3.16. The number of nitrogens with one attached hydrogen (secondary N) is 1. The van der Waals surface area contributed by atoms with Crippen molar-refractivity contribution in [3.8, 4) is 0 Å². The summed E-state index contributed by atoms with van der Waals surface area (Å²) in [5.41, 5.74) is 5.89. The molecule has 1 aliphatic rings. The third-order valence-corrected chi connectivity index (χ3v) is 3.88. The number of ether oxygens (including phenoxy) is 1. The molecule has 1 aromatic rings. The molecule has 0 aromatic heterocycles. The number of hydrogen-bond acceptors (Lipinski definition) is 4. The summed E-state index contributed by atoms with van der Waals surface area (Å²) in [7, 11) is 0. The van der Waals surface area contributed by atoms with Gasteiger partial charge in [-0.2, -0.15) is 0 Å². The Balaban J connectivity index is 2.10. The summed E-state index contributed by atoms with van der Waals surface area (Å²) < 4.78 is 19.4. The van der Waals surface area contributed by atoms with Gasteiger partial charge in [0.05, 0.1) is 17.6 Å². The molecular formula is C17H24ClFN4O2. The van der Waals surface area contributed by atoms with Crippen molar-refractivity contribution in [1.82, 2.24) is 5.32 Å². The first-order chi connectivity index (χ1) is 11.7. The highest BCUT2D eigenvalue weighted by Crippen LogP contribution is 2.33. The molecule has 1 amide bonds. The maximum atomic E-state index is 14.2. The molecule has 0 aliphatic carbocycles. The van der Waals surface area contributed by atoms with Crippen molar-refractivity contribution in [2.45, 2.75) is 38.8 Å². The quantitative estimate of drug-likeness (QED) is 0.484. The van der Waals surface area contributed by atoms with Gasteiger partial charge in [-0.25, -0.2) is 14.2 Å². The lowest BCUT2D eigenvalue weighted by molar-refractivity contribution is 0.0509. The number of amidine groups is 1. The maximum absolute atomic E-state index is 14.2. The lowest BCUT2D eigenvalue weighted by Gasteiger charge is -2.23. The molecule has 138 valence electrons. The molecule has 1 heterocycles. The maximum Gasteiger partial charge on any atom is 0.407 e. The van der Waals surface area contributed by atoms with Crippen LogP contribution in [0.25, 0.3) is 0 Å². The fourth-order valence-electron chi connectivity index (χ4n) is 2.61. The first kappa shape index (κ1) is 19.3. The SMILES string of the molecule is CC(C)(C)OC(=O)NC1CCN(c2cccc(F)c2N=C(N)CCl)C1. The van der Waals surface area contributed by atoms with Crippen LogP contribution < -0.4 is 16.0 Å². The summed E-state index contributed by atoms with van der Waals surface area (Å²) in [5.74, 6) is -0.291. The van der Waals surface area contributed by atoms with Gasteiger partial charge in [-0.3, -0.25) is 0 Å². The number of carbonyl (C=O) groups is 1. The van der Waals surface area contributed by atoms with E-state index in [0.29, 0.717) is 18.8 Å². The molecule has 3 N–H and O–H groups in total. The van der Waals surface area contributed by atoms with Gasteiger partial charge in [0.1, 0.15) is 17.1 Å². The van der Waals surface area contributed by atoms with E-state index in [0.717, 1.165) is 6.42 Å². The van der Waals surface area contributed by atoms with E-state index in [9.17, 15) is 9.18 Å². The fourth-order valence-corrected chi connectivity index (χ4v) is 2.67. The molecule has 1 atom stereocenters. The molecule has 0 saturated carbocycles. The Kier molecular flexibility index (Phi) is 6.11. The molecule has 0 spiro atoms. The van der Waals surface area contributed by atoms with E-state index in [1.54, 1.807) is 12.1 Å².